The Kier molecular flexibility index (Phi) is 8.77. The zero-order valence-electron chi connectivity index (χ0n) is 7.78. The first-order chi connectivity index (χ1) is 5.24. The number of likely N-dealkylation sites (N-methyl/N-ethyl adjacent to an activating group) is 1. The van der Waals surface area contributed by atoms with Crippen LogP contribution >= 0.6 is 24.8 Å². The second-order valence-electron chi connectivity index (χ2n) is 2.79. The normalized spacial score (nSPS) is 22.5. The van der Waals surface area contributed by atoms with Crippen LogP contribution in [0.2, 0.25) is 0 Å². The zero-order chi connectivity index (χ0) is 8.27. The predicted molar refractivity (Wildman–Crippen MR) is 55.8 cm³/mol. The summed E-state index contributed by atoms with van der Waals surface area (Å²) in [5.74, 6) is -0.170. The Labute approximate surface area is 90.8 Å². The third-order valence-electron chi connectivity index (χ3n) is 1.86. The summed E-state index contributed by atoms with van der Waals surface area (Å²) in [5.41, 5.74) is 0. The lowest BCUT2D eigenvalue weighted by Crippen LogP contribution is -2.53. The summed E-state index contributed by atoms with van der Waals surface area (Å²) < 4.78 is 4.61. The summed E-state index contributed by atoms with van der Waals surface area (Å²) in [7, 11) is 3.41. The van der Waals surface area contributed by atoms with E-state index in [1.54, 1.807) is 0 Å². The number of methoxy groups -OCH3 is 1. The minimum Gasteiger partial charge on any atom is -0.468 e. The fourth-order valence-electron chi connectivity index (χ4n) is 1.20. The minimum atomic E-state index is -0.170. The lowest BCUT2D eigenvalue weighted by molar-refractivity contribution is -0.144. The van der Waals surface area contributed by atoms with Crippen LogP contribution in [0.1, 0.15) is 0 Å². The molecule has 0 aromatic heterocycles. The first-order valence-corrected chi connectivity index (χ1v) is 3.74. The number of carbonyl (C=O) groups excluding carboxylic acids is 1. The second kappa shape index (κ2) is 7.38. The van der Waals surface area contributed by atoms with Crippen LogP contribution in [0.3, 0.4) is 0 Å². The summed E-state index contributed by atoms with van der Waals surface area (Å²) in [6, 6.07) is -0.140. The number of carbonyl (C=O) groups is 1. The predicted octanol–water partition coefficient (Wildman–Crippen LogP) is -0.0934. The highest BCUT2D eigenvalue weighted by molar-refractivity contribution is 5.85. The van der Waals surface area contributed by atoms with Gasteiger partial charge < -0.3 is 15.0 Å². The standard InChI is InChI=1S/C7H14N2O2.2ClH/c1-9-4-3-8-6(5-9)7(10)11-2;;/h6,8H,3-5H2,1-2H3;2*1H. The third kappa shape index (κ3) is 4.67. The van der Waals surface area contributed by atoms with E-state index in [0.29, 0.717) is 0 Å². The molecule has 0 aromatic rings. The van der Waals surface area contributed by atoms with E-state index in [9.17, 15) is 4.79 Å². The number of nitrogens with one attached hydrogen (secondary N) is 1. The first kappa shape index (κ1) is 15.4. The number of ether oxygens (including phenoxy) is 1. The molecule has 1 N–H and O–H groups in total. The van der Waals surface area contributed by atoms with Crippen LogP contribution < -0.4 is 5.32 Å². The maximum absolute atomic E-state index is 11.0. The fourth-order valence-corrected chi connectivity index (χ4v) is 1.20. The number of hydrogen-bond donors (Lipinski definition) is 1. The van der Waals surface area contributed by atoms with Crippen molar-refractivity contribution in [2.45, 2.75) is 6.04 Å². The van der Waals surface area contributed by atoms with Gasteiger partial charge in [0.15, 0.2) is 0 Å². The van der Waals surface area contributed by atoms with Crippen LogP contribution in [0.25, 0.3) is 0 Å². The molecule has 4 nitrogen and oxygen atoms in total. The molecule has 0 bridgehead atoms. The van der Waals surface area contributed by atoms with Gasteiger partial charge in [-0.3, -0.25) is 4.79 Å². The molecule has 1 atom stereocenters. The molecule has 6 heteroatoms. The molecule has 1 saturated heterocycles. The Hall–Kier alpha value is -0.0300. The van der Waals surface area contributed by atoms with Gasteiger partial charge in [0.2, 0.25) is 0 Å². The van der Waals surface area contributed by atoms with E-state index in [4.69, 9.17) is 0 Å². The van der Waals surface area contributed by atoms with Gasteiger partial charge in [-0.2, -0.15) is 0 Å². The van der Waals surface area contributed by atoms with Crippen LogP contribution in [-0.2, 0) is 9.53 Å². The van der Waals surface area contributed by atoms with Crippen molar-refractivity contribution in [1.29, 1.82) is 0 Å². The van der Waals surface area contributed by atoms with Crippen molar-refractivity contribution in [3.8, 4) is 0 Å². The highest BCUT2D eigenvalue weighted by atomic mass is 35.5. The Morgan fingerprint density at radius 1 is 1.54 bits per heavy atom. The van der Waals surface area contributed by atoms with Crippen molar-refractivity contribution in [1.82, 2.24) is 10.2 Å². The summed E-state index contributed by atoms with van der Waals surface area (Å²) in [5, 5.41) is 3.08. The molecule has 1 aliphatic heterocycles. The highest BCUT2D eigenvalue weighted by Crippen LogP contribution is 1.96. The topological polar surface area (TPSA) is 41.6 Å². The molecule has 80 valence electrons. The van der Waals surface area contributed by atoms with Crippen LogP contribution in [-0.4, -0.2) is 50.7 Å². The SMILES string of the molecule is COC(=O)C1CN(C)CCN1.Cl.Cl. The lowest BCUT2D eigenvalue weighted by atomic mass is 10.2. The maximum Gasteiger partial charge on any atom is 0.324 e. The quantitative estimate of drug-likeness (QED) is 0.640. The number of rotatable bonds is 1. The number of nitrogens with zero attached hydrogens (tertiary/aromatic N) is 1. The van der Waals surface area contributed by atoms with Crippen molar-refractivity contribution in [3.05, 3.63) is 0 Å². The molecule has 0 amide bonds. The second-order valence-corrected chi connectivity index (χ2v) is 2.79. The molecule has 1 rings (SSSR count). The van der Waals surface area contributed by atoms with Crippen LogP contribution in [0.15, 0.2) is 0 Å². The minimum absolute atomic E-state index is 0. The highest BCUT2D eigenvalue weighted by Gasteiger charge is 2.23. The molecule has 0 spiro atoms. The monoisotopic (exact) mass is 230 g/mol. The van der Waals surface area contributed by atoms with Crippen molar-refractivity contribution in [2.24, 2.45) is 0 Å². The van der Waals surface area contributed by atoms with Gasteiger partial charge in [0.25, 0.3) is 0 Å². The van der Waals surface area contributed by atoms with Gasteiger partial charge >= 0.3 is 5.97 Å². The molecule has 1 heterocycles. The van der Waals surface area contributed by atoms with Crippen molar-refractivity contribution in [3.63, 3.8) is 0 Å². The molecule has 1 fully saturated rings. The lowest BCUT2D eigenvalue weighted by Gasteiger charge is -2.28. The third-order valence-corrected chi connectivity index (χ3v) is 1.86. The molecule has 0 saturated carbocycles. The molecule has 0 aliphatic carbocycles. The van der Waals surface area contributed by atoms with Crippen molar-refractivity contribution < 1.29 is 9.53 Å². The van der Waals surface area contributed by atoms with Gasteiger partial charge in [0.05, 0.1) is 7.11 Å². The Morgan fingerprint density at radius 2 is 2.15 bits per heavy atom. The van der Waals surface area contributed by atoms with Crippen LogP contribution in [0.5, 0.6) is 0 Å². The Bertz CT molecular complexity index is 157. The summed E-state index contributed by atoms with van der Waals surface area (Å²) in [4.78, 5) is 13.1. The summed E-state index contributed by atoms with van der Waals surface area (Å²) >= 11 is 0. The Balaban J connectivity index is 0. The van der Waals surface area contributed by atoms with Crippen molar-refractivity contribution in [2.75, 3.05) is 33.8 Å². The molecule has 13 heavy (non-hydrogen) atoms. The maximum atomic E-state index is 11.0. The van der Waals surface area contributed by atoms with E-state index in [1.807, 2.05) is 7.05 Å². The van der Waals surface area contributed by atoms with E-state index in [1.165, 1.54) is 7.11 Å². The van der Waals surface area contributed by atoms with Crippen molar-refractivity contribution >= 4 is 30.8 Å². The number of piperazine rings is 1. The first-order valence-electron chi connectivity index (χ1n) is 3.74. The van der Waals surface area contributed by atoms with Crippen LogP contribution in [0.4, 0.5) is 0 Å². The summed E-state index contributed by atoms with van der Waals surface area (Å²) in [6.07, 6.45) is 0. The number of hydrogen-bond acceptors (Lipinski definition) is 4. The smallest absolute Gasteiger partial charge is 0.324 e. The average molecular weight is 231 g/mol. The van der Waals surface area contributed by atoms with Gasteiger partial charge in [0.1, 0.15) is 6.04 Å². The van der Waals surface area contributed by atoms with Gasteiger partial charge in [-0.05, 0) is 7.05 Å². The number of halogens is 2. The number of esters is 1. The summed E-state index contributed by atoms with van der Waals surface area (Å²) in [6.45, 7) is 2.59. The average Bonchev–Trinajstić information content (AvgIpc) is 2.03. The molecule has 1 aliphatic rings. The largest absolute Gasteiger partial charge is 0.468 e. The fraction of sp³-hybridized carbons (Fsp3) is 0.857. The van der Waals surface area contributed by atoms with E-state index < -0.39 is 0 Å². The van der Waals surface area contributed by atoms with E-state index >= 15 is 0 Å². The van der Waals surface area contributed by atoms with E-state index in [-0.39, 0.29) is 36.8 Å². The van der Waals surface area contributed by atoms with E-state index in [0.717, 1.165) is 19.6 Å². The van der Waals surface area contributed by atoms with E-state index in [2.05, 4.69) is 15.0 Å². The molecular weight excluding hydrogens is 215 g/mol. The van der Waals surface area contributed by atoms with Crippen LogP contribution in [0, 0.1) is 0 Å². The zero-order valence-corrected chi connectivity index (χ0v) is 9.41. The molecular formula is C7H16Cl2N2O2. The Morgan fingerprint density at radius 3 is 2.62 bits per heavy atom. The van der Waals surface area contributed by atoms with Gasteiger partial charge in [0, 0.05) is 19.6 Å². The molecule has 0 aromatic carbocycles. The van der Waals surface area contributed by atoms with Gasteiger partial charge in [-0.15, -0.1) is 24.8 Å². The van der Waals surface area contributed by atoms with Gasteiger partial charge in [-0.25, -0.2) is 0 Å². The molecule has 1 unspecified atom stereocenters. The van der Waals surface area contributed by atoms with Gasteiger partial charge in [-0.1, -0.05) is 0 Å². The molecule has 0 radical (unpaired) electrons.